The molecule has 0 aliphatic heterocycles. The van der Waals surface area contributed by atoms with Gasteiger partial charge in [0.05, 0.1) is 0 Å². The summed E-state index contributed by atoms with van der Waals surface area (Å²) in [5.41, 5.74) is 0. The van der Waals surface area contributed by atoms with Crippen molar-refractivity contribution in [1.82, 2.24) is 0 Å². The molecule has 0 atom stereocenters. The maximum absolute atomic E-state index is 10.6. The van der Waals surface area contributed by atoms with E-state index in [1.165, 1.54) is 0 Å². The molecule has 0 spiro atoms. The van der Waals surface area contributed by atoms with Crippen LogP contribution in [0.1, 0.15) is 39.5 Å². The van der Waals surface area contributed by atoms with Crippen molar-refractivity contribution < 1.29 is 4.92 Å². The molecule has 0 aliphatic rings. The fourth-order valence-electron chi connectivity index (χ4n) is 1.07. The van der Waals surface area contributed by atoms with Crippen LogP contribution >= 0.6 is 15.9 Å². The van der Waals surface area contributed by atoms with Crippen molar-refractivity contribution in [1.29, 1.82) is 0 Å². The fourth-order valence-corrected chi connectivity index (χ4v) is 1.87. The molecule has 0 amide bonds. The first-order valence-electron chi connectivity index (χ1n) is 3.90. The molecule has 0 aliphatic carbocycles. The van der Waals surface area contributed by atoms with Gasteiger partial charge >= 0.3 is 0 Å². The summed E-state index contributed by atoms with van der Waals surface area (Å²) < 4.78 is -0.865. The normalized spacial score (nSPS) is 11.5. The van der Waals surface area contributed by atoms with Crippen molar-refractivity contribution in [2.45, 2.75) is 44.0 Å². The summed E-state index contributed by atoms with van der Waals surface area (Å²) >= 11 is 3.17. The molecule has 0 aromatic carbocycles. The van der Waals surface area contributed by atoms with Gasteiger partial charge in [0, 0.05) is 33.7 Å². The van der Waals surface area contributed by atoms with Gasteiger partial charge < -0.3 is 0 Å². The minimum absolute atomic E-state index is 0.222. The number of hydrogen-bond acceptors (Lipinski definition) is 2. The standard InChI is InChI=1S/C7H14BrNO2/c1-3-5-7(8,6-4-2)9(10)11/h3-6H2,1-2H3. The van der Waals surface area contributed by atoms with Gasteiger partial charge in [0.2, 0.25) is 0 Å². The molecule has 0 saturated heterocycles. The number of alkyl halides is 1. The van der Waals surface area contributed by atoms with Crippen molar-refractivity contribution >= 4 is 15.9 Å². The fraction of sp³-hybridized carbons (Fsp3) is 1.00. The Labute approximate surface area is 75.4 Å². The Kier molecular flexibility index (Phi) is 4.65. The first-order valence-corrected chi connectivity index (χ1v) is 4.69. The van der Waals surface area contributed by atoms with Crippen molar-refractivity contribution in [2.24, 2.45) is 0 Å². The van der Waals surface area contributed by atoms with Gasteiger partial charge in [-0.1, -0.05) is 13.8 Å². The summed E-state index contributed by atoms with van der Waals surface area (Å²) in [5.74, 6) is 0. The Bertz CT molecular complexity index is 132. The van der Waals surface area contributed by atoms with Crippen molar-refractivity contribution in [2.75, 3.05) is 0 Å². The molecule has 0 unspecified atom stereocenters. The molecule has 0 radical (unpaired) electrons. The Hall–Kier alpha value is -0.120. The SMILES string of the molecule is CCCC(Br)(CCC)[N+](=O)[O-]. The minimum Gasteiger partial charge on any atom is -0.263 e. The molecule has 11 heavy (non-hydrogen) atoms. The Balaban J connectivity index is 4.13. The summed E-state index contributed by atoms with van der Waals surface area (Å²) in [6, 6.07) is 0. The van der Waals surface area contributed by atoms with Crippen molar-refractivity contribution in [3.05, 3.63) is 10.1 Å². The van der Waals surface area contributed by atoms with Crippen LogP contribution in [0.15, 0.2) is 0 Å². The van der Waals surface area contributed by atoms with Crippen LogP contribution in [0.25, 0.3) is 0 Å². The van der Waals surface area contributed by atoms with E-state index >= 15 is 0 Å². The van der Waals surface area contributed by atoms with Crippen LogP contribution < -0.4 is 0 Å². The number of hydrogen-bond donors (Lipinski definition) is 0. The smallest absolute Gasteiger partial charge is 0.263 e. The summed E-state index contributed by atoms with van der Waals surface area (Å²) in [4.78, 5) is 10.3. The number of nitro groups is 1. The third-order valence-corrected chi connectivity index (χ3v) is 2.68. The minimum atomic E-state index is -0.865. The molecule has 3 nitrogen and oxygen atoms in total. The van der Waals surface area contributed by atoms with E-state index in [4.69, 9.17) is 0 Å². The largest absolute Gasteiger partial charge is 0.274 e. The van der Waals surface area contributed by atoms with E-state index < -0.39 is 4.45 Å². The van der Waals surface area contributed by atoms with Crippen molar-refractivity contribution in [3.8, 4) is 0 Å². The zero-order valence-electron chi connectivity index (χ0n) is 6.97. The highest BCUT2D eigenvalue weighted by Crippen LogP contribution is 2.29. The van der Waals surface area contributed by atoms with E-state index in [1.54, 1.807) is 0 Å². The molecule has 0 aromatic rings. The maximum Gasteiger partial charge on any atom is 0.274 e. The summed E-state index contributed by atoms with van der Waals surface area (Å²) in [6.45, 7) is 3.91. The number of rotatable bonds is 5. The molecular formula is C7H14BrNO2. The third kappa shape index (κ3) is 3.18. The second-order valence-corrected chi connectivity index (χ2v) is 4.15. The zero-order valence-corrected chi connectivity index (χ0v) is 8.56. The van der Waals surface area contributed by atoms with Gasteiger partial charge in [-0.15, -0.1) is 0 Å². The third-order valence-electron chi connectivity index (χ3n) is 1.59. The summed E-state index contributed by atoms with van der Waals surface area (Å²) in [7, 11) is 0. The molecular weight excluding hydrogens is 210 g/mol. The average Bonchev–Trinajstić information content (AvgIpc) is 1.88. The van der Waals surface area contributed by atoms with E-state index in [0.717, 1.165) is 12.8 Å². The molecule has 0 heterocycles. The maximum atomic E-state index is 10.6. The lowest BCUT2D eigenvalue weighted by Gasteiger charge is -2.16. The molecule has 0 aromatic heterocycles. The monoisotopic (exact) mass is 223 g/mol. The van der Waals surface area contributed by atoms with Gasteiger partial charge in [0.15, 0.2) is 0 Å². The molecule has 0 saturated carbocycles. The molecule has 4 heteroatoms. The second-order valence-electron chi connectivity index (χ2n) is 2.68. The van der Waals surface area contributed by atoms with Gasteiger partial charge in [-0.3, -0.25) is 10.1 Å². The van der Waals surface area contributed by atoms with E-state index in [2.05, 4.69) is 15.9 Å². The zero-order chi connectivity index (χ0) is 8.91. The highest BCUT2D eigenvalue weighted by Gasteiger charge is 2.37. The van der Waals surface area contributed by atoms with E-state index in [1.807, 2.05) is 13.8 Å². The predicted molar refractivity (Wildman–Crippen MR) is 48.5 cm³/mol. The van der Waals surface area contributed by atoms with Gasteiger partial charge in [-0.2, -0.15) is 0 Å². The lowest BCUT2D eigenvalue weighted by Crippen LogP contribution is -2.30. The summed E-state index contributed by atoms with van der Waals surface area (Å²) in [6.07, 6.45) is 2.89. The lowest BCUT2D eigenvalue weighted by atomic mass is 10.1. The van der Waals surface area contributed by atoms with Crippen LogP contribution in [0, 0.1) is 10.1 Å². The Morgan fingerprint density at radius 1 is 1.36 bits per heavy atom. The van der Waals surface area contributed by atoms with Gasteiger partial charge in [0.1, 0.15) is 0 Å². The van der Waals surface area contributed by atoms with Crippen molar-refractivity contribution in [3.63, 3.8) is 0 Å². The van der Waals surface area contributed by atoms with Crippen LogP contribution in [0.4, 0.5) is 0 Å². The molecule has 0 bridgehead atoms. The van der Waals surface area contributed by atoms with Crippen LogP contribution in [0.5, 0.6) is 0 Å². The Morgan fingerprint density at radius 2 is 1.73 bits per heavy atom. The number of nitrogens with zero attached hydrogens (tertiary/aromatic N) is 1. The van der Waals surface area contributed by atoms with E-state index in [0.29, 0.717) is 12.8 Å². The quantitative estimate of drug-likeness (QED) is 0.312. The topological polar surface area (TPSA) is 43.1 Å². The molecule has 0 rings (SSSR count). The Morgan fingerprint density at radius 3 is 1.91 bits per heavy atom. The number of halogens is 1. The molecule has 0 N–H and O–H groups in total. The molecule has 0 fully saturated rings. The van der Waals surface area contributed by atoms with Crippen LogP contribution in [0.3, 0.4) is 0 Å². The van der Waals surface area contributed by atoms with Crippen LogP contribution in [-0.4, -0.2) is 9.37 Å². The lowest BCUT2D eigenvalue weighted by molar-refractivity contribution is -0.537. The van der Waals surface area contributed by atoms with Gasteiger partial charge in [-0.05, 0) is 12.8 Å². The van der Waals surface area contributed by atoms with Crippen LogP contribution in [-0.2, 0) is 0 Å². The average molecular weight is 224 g/mol. The highest BCUT2D eigenvalue weighted by molar-refractivity contribution is 9.10. The predicted octanol–water partition coefficient (Wildman–Crippen LogP) is 2.95. The van der Waals surface area contributed by atoms with Gasteiger partial charge in [-0.25, -0.2) is 0 Å². The summed E-state index contributed by atoms with van der Waals surface area (Å²) in [5, 5.41) is 10.6. The molecule has 66 valence electrons. The van der Waals surface area contributed by atoms with E-state index in [9.17, 15) is 10.1 Å². The van der Waals surface area contributed by atoms with E-state index in [-0.39, 0.29) is 4.92 Å². The van der Waals surface area contributed by atoms with Gasteiger partial charge in [0.25, 0.3) is 4.45 Å². The first-order chi connectivity index (χ1) is 5.06. The highest BCUT2D eigenvalue weighted by atomic mass is 79.9. The second kappa shape index (κ2) is 4.70. The first kappa shape index (κ1) is 10.9. The van der Waals surface area contributed by atoms with Crippen LogP contribution in [0.2, 0.25) is 0 Å².